The van der Waals surface area contributed by atoms with Gasteiger partial charge in [-0.25, -0.2) is 4.68 Å². The van der Waals surface area contributed by atoms with E-state index in [1.54, 1.807) is 21.4 Å². The fourth-order valence-corrected chi connectivity index (χ4v) is 6.81. The van der Waals surface area contributed by atoms with E-state index in [9.17, 15) is 32.8 Å². The Hall–Kier alpha value is -3.88. The van der Waals surface area contributed by atoms with Gasteiger partial charge in [-0.05, 0) is 75.5 Å². The number of nitrogens with one attached hydrogen (secondary N) is 1. The number of hydrogen-bond acceptors (Lipinski definition) is 5. The minimum atomic E-state index is -4.62. The first-order valence-corrected chi connectivity index (χ1v) is 14.3. The number of fused-ring (bicyclic) bond motifs is 2. The average molecular weight is 567 g/mol. The van der Waals surface area contributed by atoms with Crippen molar-refractivity contribution in [2.75, 3.05) is 11.4 Å². The first-order valence-electron chi connectivity index (χ1n) is 14.3. The molecule has 1 aromatic carbocycles. The molecule has 1 aromatic heterocycles. The van der Waals surface area contributed by atoms with Gasteiger partial charge in [-0.15, -0.1) is 0 Å². The predicted molar refractivity (Wildman–Crippen MR) is 139 cm³/mol. The molecule has 4 fully saturated rings. The maximum atomic E-state index is 14.1. The van der Waals surface area contributed by atoms with Crippen LogP contribution in [0.1, 0.15) is 89.4 Å². The SMILES string of the molecule is CCN1C(=O)[C@@H](NC(=O)c2cccc(C(F)(F)F)c2)[C@@H](C2CC2)c2c(C(=O)N3[C@H](C#N)C[C@H]4C[C@H]43)nn(C3CC3)c21. The molecule has 214 valence electrons. The zero-order chi connectivity index (χ0) is 28.8. The van der Waals surface area contributed by atoms with Crippen LogP contribution in [0.15, 0.2) is 24.3 Å². The monoisotopic (exact) mass is 566 g/mol. The highest BCUT2D eigenvalue weighted by atomic mass is 19.4. The molecule has 1 saturated heterocycles. The van der Waals surface area contributed by atoms with E-state index in [0.29, 0.717) is 23.7 Å². The molecular weight excluding hydrogens is 537 g/mol. The van der Waals surface area contributed by atoms with E-state index in [4.69, 9.17) is 5.10 Å². The molecule has 2 aliphatic heterocycles. The summed E-state index contributed by atoms with van der Waals surface area (Å²) >= 11 is 0. The lowest BCUT2D eigenvalue weighted by Gasteiger charge is -2.38. The number of rotatable bonds is 6. The van der Waals surface area contributed by atoms with Gasteiger partial charge in [-0.3, -0.25) is 19.3 Å². The molecule has 12 heteroatoms. The number of amides is 3. The Morgan fingerprint density at radius 3 is 2.54 bits per heavy atom. The number of likely N-dealkylation sites (tertiary alicyclic amines) is 1. The van der Waals surface area contributed by atoms with Gasteiger partial charge in [-0.1, -0.05) is 6.07 Å². The summed E-state index contributed by atoms with van der Waals surface area (Å²) < 4.78 is 41.8. The normalized spacial score (nSPS) is 28.7. The number of aromatic nitrogens is 2. The fourth-order valence-electron chi connectivity index (χ4n) is 6.81. The Morgan fingerprint density at radius 1 is 1.15 bits per heavy atom. The Bertz CT molecular complexity index is 1500. The van der Waals surface area contributed by atoms with Crippen molar-refractivity contribution in [2.24, 2.45) is 11.8 Å². The quantitative estimate of drug-likeness (QED) is 0.568. The molecule has 9 nitrogen and oxygen atoms in total. The number of piperidine rings is 1. The number of alkyl halides is 3. The Labute approximate surface area is 234 Å². The number of carbonyl (C=O) groups excluding carboxylic acids is 3. The summed E-state index contributed by atoms with van der Waals surface area (Å²) in [7, 11) is 0. The summed E-state index contributed by atoms with van der Waals surface area (Å²) in [4.78, 5) is 44.6. The molecular formula is C29H29F3N6O3. The third-order valence-corrected chi connectivity index (χ3v) is 9.17. The molecule has 7 rings (SSSR count). The lowest BCUT2D eigenvalue weighted by Crippen LogP contribution is -2.56. The zero-order valence-corrected chi connectivity index (χ0v) is 22.4. The van der Waals surface area contributed by atoms with Crippen LogP contribution in [0.25, 0.3) is 0 Å². The van der Waals surface area contributed by atoms with Gasteiger partial charge in [0, 0.05) is 29.6 Å². The smallest absolute Gasteiger partial charge is 0.340 e. The van der Waals surface area contributed by atoms with Gasteiger partial charge < -0.3 is 10.2 Å². The summed E-state index contributed by atoms with van der Waals surface area (Å²) in [6.07, 6.45) is 0.189. The van der Waals surface area contributed by atoms with Crippen LogP contribution >= 0.6 is 0 Å². The summed E-state index contributed by atoms with van der Waals surface area (Å²) in [5.41, 5.74) is -0.317. The topological polar surface area (TPSA) is 111 Å². The maximum absolute atomic E-state index is 14.1. The molecule has 3 aliphatic carbocycles. The Morgan fingerprint density at radius 2 is 1.90 bits per heavy atom. The van der Waals surface area contributed by atoms with Crippen molar-refractivity contribution in [3.8, 4) is 6.07 Å². The molecule has 41 heavy (non-hydrogen) atoms. The molecule has 3 heterocycles. The lowest BCUT2D eigenvalue weighted by molar-refractivity contribution is -0.137. The number of anilines is 1. The third-order valence-electron chi connectivity index (χ3n) is 9.17. The van der Waals surface area contributed by atoms with Gasteiger partial charge in [0.1, 0.15) is 17.9 Å². The molecule has 1 N–H and O–H groups in total. The van der Waals surface area contributed by atoms with Crippen molar-refractivity contribution in [1.82, 2.24) is 20.0 Å². The van der Waals surface area contributed by atoms with Crippen molar-refractivity contribution < 1.29 is 27.6 Å². The van der Waals surface area contributed by atoms with E-state index >= 15 is 0 Å². The maximum Gasteiger partial charge on any atom is 0.416 e. The van der Waals surface area contributed by atoms with Crippen molar-refractivity contribution in [3.63, 3.8) is 0 Å². The molecule has 3 saturated carbocycles. The number of nitriles is 1. The molecule has 3 amide bonds. The third kappa shape index (κ3) is 4.19. The van der Waals surface area contributed by atoms with Crippen LogP contribution < -0.4 is 10.2 Å². The van der Waals surface area contributed by atoms with E-state index in [0.717, 1.165) is 44.2 Å². The number of hydrogen-bond donors (Lipinski definition) is 1. The van der Waals surface area contributed by atoms with Crippen LogP contribution in [0.4, 0.5) is 19.0 Å². The van der Waals surface area contributed by atoms with E-state index in [1.165, 1.54) is 12.1 Å². The highest BCUT2D eigenvalue weighted by Gasteiger charge is 2.57. The standard InChI is InChI=1S/C29H29F3N6O3/c1-2-36-26-22(24(35-38(26)18-8-9-18)28(41)37-19(13-33)11-16-12-20(16)37)21(14-6-7-14)23(27(36)40)34-25(39)15-4-3-5-17(10-15)29(30,31)32/h3-5,10,14,16,18-21,23H,2,6-9,11-12H2,1H3,(H,34,39)/t16-,19-,20+,21-,23-/m0/s1. The van der Waals surface area contributed by atoms with Gasteiger partial charge in [0.2, 0.25) is 0 Å². The first kappa shape index (κ1) is 26.0. The van der Waals surface area contributed by atoms with Crippen molar-refractivity contribution in [3.05, 3.63) is 46.6 Å². The summed E-state index contributed by atoms with van der Waals surface area (Å²) in [5.74, 6) is -1.13. The predicted octanol–water partition coefficient (Wildman–Crippen LogP) is 4.02. The van der Waals surface area contributed by atoms with Crippen LogP contribution in [0.2, 0.25) is 0 Å². The van der Waals surface area contributed by atoms with Gasteiger partial charge in [-0.2, -0.15) is 23.5 Å². The molecule has 0 unspecified atom stereocenters. The van der Waals surface area contributed by atoms with Crippen LogP contribution in [0, 0.1) is 23.2 Å². The van der Waals surface area contributed by atoms with E-state index in [2.05, 4.69) is 11.4 Å². The van der Waals surface area contributed by atoms with E-state index in [-0.39, 0.29) is 47.6 Å². The highest BCUT2D eigenvalue weighted by molar-refractivity contribution is 6.07. The summed E-state index contributed by atoms with van der Waals surface area (Å²) in [6.45, 7) is 2.07. The van der Waals surface area contributed by atoms with Gasteiger partial charge in [0.25, 0.3) is 17.7 Å². The van der Waals surface area contributed by atoms with Crippen LogP contribution in [-0.2, 0) is 11.0 Å². The minimum Gasteiger partial charge on any atom is -0.340 e. The van der Waals surface area contributed by atoms with Gasteiger partial charge in [0.05, 0.1) is 17.7 Å². The second kappa shape index (κ2) is 9.06. The largest absolute Gasteiger partial charge is 0.416 e. The van der Waals surface area contributed by atoms with Crippen LogP contribution in [0.3, 0.4) is 0 Å². The highest BCUT2D eigenvalue weighted by Crippen LogP contribution is 2.54. The van der Waals surface area contributed by atoms with Crippen molar-refractivity contribution in [1.29, 1.82) is 5.26 Å². The van der Waals surface area contributed by atoms with Gasteiger partial charge in [0.15, 0.2) is 5.69 Å². The Kier molecular flexibility index (Phi) is 5.76. The minimum absolute atomic E-state index is 0.00549. The van der Waals surface area contributed by atoms with Crippen LogP contribution in [-0.4, -0.2) is 57.1 Å². The number of nitrogens with zero attached hydrogens (tertiary/aromatic N) is 5. The average Bonchev–Trinajstić information content (AvgIpc) is 3.86. The molecule has 2 aromatic rings. The molecule has 5 aliphatic rings. The first-order chi connectivity index (χ1) is 19.6. The molecule has 0 bridgehead atoms. The summed E-state index contributed by atoms with van der Waals surface area (Å²) in [5, 5.41) is 17.3. The van der Waals surface area contributed by atoms with E-state index < -0.39 is 35.6 Å². The molecule has 0 radical (unpaired) electrons. The molecule has 0 spiro atoms. The number of carbonyl (C=O) groups is 3. The number of halogens is 3. The van der Waals surface area contributed by atoms with E-state index in [1.807, 2.05) is 0 Å². The second-order valence-corrected chi connectivity index (χ2v) is 11.9. The second-order valence-electron chi connectivity index (χ2n) is 11.9. The molecule has 5 atom stereocenters. The summed E-state index contributed by atoms with van der Waals surface area (Å²) in [6, 6.07) is 4.85. The van der Waals surface area contributed by atoms with Crippen molar-refractivity contribution >= 4 is 23.5 Å². The van der Waals surface area contributed by atoms with Crippen molar-refractivity contribution in [2.45, 2.75) is 81.7 Å². The fraction of sp³-hybridized carbons (Fsp3) is 0.552. The zero-order valence-electron chi connectivity index (χ0n) is 22.4. The number of likely N-dealkylation sites (N-methyl/N-ethyl adjacent to an activating group) is 1. The van der Waals surface area contributed by atoms with Gasteiger partial charge >= 0.3 is 6.18 Å². The Balaban J connectivity index is 1.30. The van der Waals surface area contributed by atoms with Crippen LogP contribution in [0.5, 0.6) is 0 Å². The number of benzene rings is 1. The lowest BCUT2D eigenvalue weighted by atomic mass is 9.82.